The zero-order valence-corrected chi connectivity index (χ0v) is 11.2. The summed E-state index contributed by atoms with van der Waals surface area (Å²) in [6, 6.07) is 8.61. The Balaban J connectivity index is 1.71. The fraction of sp³-hybridized carbons (Fsp3) is 0.538. The number of hydrogen-bond acceptors (Lipinski definition) is 3. The molecular formula is C13H20N2O2S. The van der Waals surface area contributed by atoms with Crippen LogP contribution in [0, 0.1) is 0 Å². The molecule has 1 aliphatic carbocycles. The molecule has 0 amide bonds. The summed E-state index contributed by atoms with van der Waals surface area (Å²) in [5.41, 5.74) is 2.69. The number of rotatable bonds is 7. The van der Waals surface area contributed by atoms with Gasteiger partial charge in [0.05, 0.1) is 5.75 Å². The van der Waals surface area contributed by atoms with Gasteiger partial charge in [-0.05, 0) is 42.9 Å². The SMILES string of the molecule is NS(=O)(=O)CCCNCc1cccc(C2CC2)c1. The number of sulfonamides is 1. The summed E-state index contributed by atoms with van der Waals surface area (Å²) in [6.07, 6.45) is 3.18. The largest absolute Gasteiger partial charge is 0.313 e. The zero-order valence-electron chi connectivity index (χ0n) is 10.4. The molecule has 2 rings (SSSR count). The minimum absolute atomic E-state index is 0.0438. The Morgan fingerprint density at radius 1 is 1.33 bits per heavy atom. The van der Waals surface area contributed by atoms with Gasteiger partial charge >= 0.3 is 0 Å². The Hall–Kier alpha value is -0.910. The maximum absolute atomic E-state index is 10.7. The van der Waals surface area contributed by atoms with E-state index in [1.165, 1.54) is 24.0 Å². The van der Waals surface area contributed by atoms with Crippen molar-refractivity contribution in [3.63, 3.8) is 0 Å². The van der Waals surface area contributed by atoms with Crippen LogP contribution in [0.5, 0.6) is 0 Å². The van der Waals surface area contributed by atoms with Crippen molar-refractivity contribution in [1.29, 1.82) is 0 Å². The third kappa shape index (κ3) is 4.76. The number of nitrogens with one attached hydrogen (secondary N) is 1. The van der Waals surface area contributed by atoms with Crippen molar-refractivity contribution >= 4 is 10.0 Å². The minimum atomic E-state index is -3.32. The molecule has 0 saturated heterocycles. The molecule has 0 heterocycles. The Kier molecular flexibility index (Phi) is 4.37. The van der Waals surface area contributed by atoms with Crippen molar-refractivity contribution in [3.05, 3.63) is 35.4 Å². The molecule has 0 unspecified atom stereocenters. The highest BCUT2D eigenvalue weighted by atomic mass is 32.2. The van der Waals surface area contributed by atoms with Gasteiger partial charge in [-0.1, -0.05) is 24.3 Å². The predicted octanol–water partition coefficient (Wildman–Crippen LogP) is 1.33. The fourth-order valence-corrected chi connectivity index (χ4v) is 2.55. The van der Waals surface area contributed by atoms with Gasteiger partial charge in [-0.2, -0.15) is 0 Å². The predicted molar refractivity (Wildman–Crippen MR) is 72.7 cm³/mol. The molecule has 5 heteroatoms. The molecule has 0 radical (unpaired) electrons. The fourth-order valence-electron chi connectivity index (χ4n) is 2.00. The van der Waals surface area contributed by atoms with Crippen LogP contribution in [-0.2, 0) is 16.6 Å². The molecule has 1 saturated carbocycles. The standard InChI is InChI=1S/C13H20N2O2S/c14-18(16,17)8-2-7-15-10-11-3-1-4-13(9-11)12-5-6-12/h1,3-4,9,12,15H,2,5-8,10H2,(H2,14,16,17). The summed E-state index contributed by atoms with van der Waals surface area (Å²) in [5.74, 6) is 0.814. The smallest absolute Gasteiger partial charge is 0.209 e. The Labute approximate surface area is 109 Å². The molecule has 4 nitrogen and oxygen atoms in total. The topological polar surface area (TPSA) is 72.2 Å². The second-order valence-corrected chi connectivity index (χ2v) is 6.65. The first-order chi connectivity index (χ1) is 8.54. The molecule has 18 heavy (non-hydrogen) atoms. The molecule has 0 spiro atoms. The van der Waals surface area contributed by atoms with E-state index in [4.69, 9.17) is 5.14 Å². The monoisotopic (exact) mass is 268 g/mol. The Morgan fingerprint density at radius 2 is 2.11 bits per heavy atom. The van der Waals surface area contributed by atoms with Gasteiger partial charge in [-0.3, -0.25) is 0 Å². The summed E-state index contributed by atoms with van der Waals surface area (Å²) < 4.78 is 21.5. The van der Waals surface area contributed by atoms with Crippen molar-refractivity contribution in [3.8, 4) is 0 Å². The quantitative estimate of drug-likeness (QED) is 0.733. The van der Waals surface area contributed by atoms with Crippen LogP contribution in [0.25, 0.3) is 0 Å². The van der Waals surface area contributed by atoms with Gasteiger partial charge < -0.3 is 5.32 Å². The lowest BCUT2D eigenvalue weighted by molar-refractivity contribution is 0.590. The van der Waals surface area contributed by atoms with Gasteiger partial charge in [-0.15, -0.1) is 0 Å². The zero-order chi connectivity index (χ0) is 13.0. The van der Waals surface area contributed by atoms with E-state index in [0.717, 1.165) is 12.5 Å². The average Bonchev–Trinajstić information content (AvgIpc) is 3.11. The van der Waals surface area contributed by atoms with E-state index in [1.807, 2.05) is 0 Å². The lowest BCUT2D eigenvalue weighted by Gasteiger charge is -2.06. The molecule has 1 aromatic rings. The van der Waals surface area contributed by atoms with Gasteiger partial charge in [0.1, 0.15) is 0 Å². The average molecular weight is 268 g/mol. The maximum Gasteiger partial charge on any atom is 0.209 e. The molecular weight excluding hydrogens is 248 g/mol. The van der Waals surface area contributed by atoms with E-state index in [0.29, 0.717) is 13.0 Å². The van der Waals surface area contributed by atoms with Crippen LogP contribution in [0.3, 0.4) is 0 Å². The van der Waals surface area contributed by atoms with E-state index in [-0.39, 0.29) is 5.75 Å². The second-order valence-electron chi connectivity index (χ2n) is 4.92. The minimum Gasteiger partial charge on any atom is -0.313 e. The van der Waals surface area contributed by atoms with Crippen LogP contribution in [0.1, 0.15) is 36.3 Å². The van der Waals surface area contributed by atoms with Crippen LogP contribution >= 0.6 is 0 Å². The molecule has 1 aromatic carbocycles. The highest BCUT2D eigenvalue weighted by Gasteiger charge is 2.23. The van der Waals surface area contributed by atoms with Gasteiger partial charge in [0.25, 0.3) is 0 Å². The first-order valence-corrected chi connectivity index (χ1v) is 8.06. The second kappa shape index (κ2) is 5.82. The van der Waals surface area contributed by atoms with Crippen LogP contribution in [0.4, 0.5) is 0 Å². The van der Waals surface area contributed by atoms with Gasteiger partial charge in [0.2, 0.25) is 10.0 Å². The van der Waals surface area contributed by atoms with Crippen LogP contribution < -0.4 is 10.5 Å². The molecule has 0 bridgehead atoms. The Bertz CT molecular complexity index is 495. The lowest BCUT2D eigenvalue weighted by atomic mass is 10.1. The van der Waals surface area contributed by atoms with Gasteiger partial charge in [0.15, 0.2) is 0 Å². The van der Waals surface area contributed by atoms with Crippen LogP contribution in [0.2, 0.25) is 0 Å². The highest BCUT2D eigenvalue weighted by molar-refractivity contribution is 7.89. The lowest BCUT2D eigenvalue weighted by Crippen LogP contribution is -2.22. The summed E-state index contributed by atoms with van der Waals surface area (Å²) in [6.45, 7) is 1.45. The molecule has 1 fully saturated rings. The first kappa shape index (κ1) is 13.5. The number of nitrogens with two attached hydrogens (primary N) is 1. The van der Waals surface area contributed by atoms with Crippen LogP contribution in [0.15, 0.2) is 24.3 Å². The van der Waals surface area contributed by atoms with Crippen molar-refractivity contribution in [2.45, 2.75) is 31.7 Å². The maximum atomic E-state index is 10.7. The number of benzene rings is 1. The summed E-state index contributed by atoms with van der Waals surface area (Å²) >= 11 is 0. The number of primary sulfonamides is 1. The molecule has 0 aliphatic heterocycles. The summed E-state index contributed by atoms with van der Waals surface area (Å²) in [5, 5.41) is 8.17. The van der Waals surface area contributed by atoms with E-state index >= 15 is 0 Å². The van der Waals surface area contributed by atoms with Crippen molar-refractivity contribution in [2.75, 3.05) is 12.3 Å². The van der Waals surface area contributed by atoms with Crippen molar-refractivity contribution in [2.24, 2.45) is 5.14 Å². The van der Waals surface area contributed by atoms with Crippen molar-refractivity contribution < 1.29 is 8.42 Å². The van der Waals surface area contributed by atoms with E-state index < -0.39 is 10.0 Å². The van der Waals surface area contributed by atoms with E-state index in [2.05, 4.69) is 29.6 Å². The third-order valence-electron chi connectivity index (χ3n) is 3.11. The summed E-state index contributed by atoms with van der Waals surface area (Å²) in [4.78, 5) is 0. The molecule has 0 atom stereocenters. The Morgan fingerprint density at radius 3 is 2.78 bits per heavy atom. The third-order valence-corrected chi connectivity index (χ3v) is 3.97. The van der Waals surface area contributed by atoms with E-state index in [1.54, 1.807) is 0 Å². The van der Waals surface area contributed by atoms with Gasteiger partial charge in [-0.25, -0.2) is 13.6 Å². The molecule has 1 aliphatic rings. The van der Waals surface area contributed by atoms with E-state index in [9.17, 15) is 8.42 Å². The first-order valence-electron chi connectivity index (χ1n) is 6.34. The molecule has 3 N–H and O–H groups in total. The highest BCUT2D eigenvalue weighted by Crippen LogP contribution is 2.40. The van der Waals surface area contributed by atoms with Gasteiger partial charge in [0, 0.05) is 6.54 Å². The van der Waals surface area contributed by atoms with Crippen molar-refractivity contribution in [1.82, 2.24) is 5.32 Å². The normalized spacial score (nSPS) is 15.8. The van der Waals surface area contributed by atoms with Crippen LogP contribution in [-0.4, -0.2) is 20.7 Å². The number of hydrogen-bond donors (Lipinski definition) is 2. The molecule has 0 aromatic heterocycles. The molecule has 100 valence electrons. The summed E-state index contributed by atoms with van der Waals surface area (Å²) in [7, 11) is -3.32.